The van der Waals surface area contributed by atoms with Crippen LogP contribution in [0, 0.1) is 6.92 Å². The van der Waals surface area contributed by atoms with Crippen LogP contribution in [0.4, 0.5) is 0 Å². The van der Waals surface area contributed by atoms with Crippen molar-refractivity contribution in [3.8, 4) is 0 Å². The van der Waals surface area contributed by atoms with Gasteiger partial charge in [0.1, 0.15) is 5.76 Å². The van der Waals surface area contributed by atoms with Crippen molar-refractivity contribution in [1.82, 2.24) is 0 Å². The molecule has 0 saturated carbocycles. The minimum absolute atomic E-state index is 0.619. The molecule has 0 amide bonds. The lowest BCUT2D eigenvalue weighted by Crippen LogP contribution is -2.68. The fraction of sp³-hybridized carbons (Fsp3) is 0.286. The molecule has 0 aliphatic rings. The zero-order chi connectivity index (χ0) is 7.56. The Labute approximate surface area is 59.0 Å². The highest BCUT2D eigenvalue weighted by Crippen LogP contribution is 2.04. The van der Waals surface area contributed by atoms with Crippen LogP contribution in [0.5, 0.6) is 0 Å². The summed E-state index contributed by atoms with van der Waals surface area (Å²) in [5, 5.41) is 10.5. The summed E-state index contributed by atoms with van der Waals surface area (Å²) in [5.74, 6) is 1.50. The first-order valence-electron chi connectivity index (χ1n) is 3.04. The van der Waals surface area contributed by atoms with E-state index >= 15 is 0 Å². The molecule has 0 bridgehead atoms. The average molecular weight is 140 g/mol. The molecule has 1 rings (SSSR count). The number of hydrogen-bond acceptors (Lipinski definition) is 2. The van der Waals surface area contributed by atoms with E-state index in [1.807, 2.05) is 18.1 Å². The topological polar surface area (TPSA) is 47.3 Å². The lowest BCUT2D eigenvalue weighted by molar-refractivity contribution is -0.737. The van der Waals surface area contributed by atoms with E-state index in [0.29, 0.717) is 11.5 Å². The maximum absolute atomic E-state index is 8.45. The van der Waals surface area contributed by atoms with E-state index in [1.54, 1.807) is 13.0 Å². The van der Waals surface area contributed by atoms with Crippen LogP contribution >= 0.6 is 0 Å². The van der Waals surface area contributed by atoms with Crippen molar-refractivity contribution in [1.29, 1.82) is 0 Å². The van der Waals surface area contributed by atoms with Crippen molar-refractivity contribution in [2.45, 2.75) is 13.8 Å². The summed E-state index contributed by atoms with van der Waals surface area (Å²) in [7, 11) is 0. The second-order valence-corrected chi connectivity index (χ2v) is 2.15. The summed E-state index contributed by atoms with van der Waals surface area (Å²) in [6.45, 7) is 3.59. The quantitative estimate of drug-likeness (QED) is 0.324. The van der Waals surface area contributed by atoms with E-state index in [9.17, 15) is 0 Å². The molecular formula is C7H10NO2+. The van der Waals surface area contributed by atoms with Crippen LogP contribution in [-0.4, -0.2) is 10.9 Å². The number of aryl methyl sites for hydroxylation is 1. The molecule has 0 aromatic carbocycles. The predicted octanol–water partition coefficient (Wildman–Crippen LogP) is -0.133. The van der Waals surface area contributed by atoms with Gasteiger partial charge in [0.2, 0.25) is 0 Å². The fourth-order valence-electron chi connectivity index (χ4n) is 0.691. The van der Waals surface area contributed by atoms with Crippen LogP contribution in [0.15, 0.2) is 16.5 Å². The van der Waals surface area contributed by atoms with Crippen LogP contribution in [0.25, 0.3) is 0 Å². The summed E-state index contributed by atoms with van der Waals surface area (Å²) >= 11 is 0. The second-order valence-electron chi connectivity index (χ2n) is 2.15. The predicted molar refractivity (Wildman–Crippen MR) is 36.0 cm³/mol. The maximum atomic E-state index is 8.45. The SMILES string of the molecule is C/C(=[NH+]/O)c1ccc(C)o1. The molecule has 2 N–H and O–H groups in total. The van der Waals surface area contributed by atoms with Gasteiger partial charge in [-0.2, -0.15) is 0 Å². The molecule has 0 saturated heterocycles. The van der Waals surface area contributed by atoms with Crippen molar-refractivity contribution in [3.05, 3.63) is 23.7 Å². The zero-order valence-corrected chi connectivity index (χ0v) is 6.01. The van der Waals surface area contributed by atoms with E-state index in [2.05, 4.69) is 0 Å². The van der Waals surface area contributed by atoms with Crippen LogP contribution < -0.4 is 5.16 Å². The standard InChI is InChI=1S/C7H9NO2/c1-5-3-4-7(10-5)6(2)8-9/h3-4,9H,1-2H3/p+1/b8-6-. The number of rotatable bonds is 1. The van der Waals surface area contributed by atoms with Gasteiger partial charge in [-0.25, -0.2) is 0 Å². The summed E-state index contributed by atoms with van der Waals surface area (Å²) in [6.07, 6.45) is 0. The zero-order valence-electron chi connectivity index (χ0n) is 6.01. The Morgan fingerprint density at radius 3 is 2.70 bits per heavy atom. The Bertz CT molecular complexity index is 250. The van der Waals surface area contributed by atoms with E-state index in [4.69, 9.17) is 9.62 Å². The summed E-state index contributed by atoms with van der Waals surface area (Å²) in [5.41, 5.74) is 0.619. The average Bonchev–Trinajstić information content (AvgIpc) is 2.34. The maximum Gasteiger partial charge on any atom is 0.263 e. The third-order valence-electron chi connectivity index (χ3n) is 1.28. The van der Waals surface area contributed by atoms with Gasteiger partial charge in [-0.05, 0) is 24.2 Å². The Morgan fingerprint density at radius 2 is 2.30 bits per heavy atom. The number of hydrogen-bond donors (Lipinski definition) is 2. The van der Waals surface area contributed by atoms with Crippen molar-refractivity contribution < 1.29 is 14.8 Å². The van der Waals surface area contributed by atoms with Gasteiger partial charge in [-0.15, -0.1) is 0 Å². The molecule has 3 nitrogen and oxygen atoms in total. The van der Waals surface area contributed by atoms with Gasteiger partial charge >= 0.3 is 0 Å². The van der Waals surface area contributed by atoms with E-state index in [1.165, 1.54) is 0 Å². The number of nitrogens with one attached hydrogen (secondary N) is 1. The molecule has 54 valence electrons. The Hall–Kier alpha value is -1.25. The Morgan fingerprint density at radius 1 is 1.60 bits per heavy atom. The summed E-state index contributed by atoms with van der Waals surface area (Å²) in [4.78, 5) is 0. The van der Waals surface area contributed by atoms with Gasteiger partial charge in [0.05, 0.1) is 0 Å². The lowest BCUT2D eigenvalue weighted by atomic mass is 10.3. The van der Waals surface area contributed by atoms with Gasteiger partial charge in [0.15, 0.2) is 5.76 Å². The van der Waals surface area contributed by atoms with Gasteiger partial charge in [-0.1, -0.05) is 0 Å². The third kappa shape index (κ3) is 1.18. The van der Waals surface area contributed by atoms with Crippen LogP contribution in [-0.2, 0) is 0 Å². The first-order valence-corrected chi connectivity index (χ1v) is 3.04. The van der Waals surface area contributed by atoms with Crippen LogP contribution in [0.3, 0.4) is 0 Å². The highest BCUT2D eigenvalue weighted by molar-refractivity contribution is 5.91. The van der Waals surface area contributed by atoms with Crippen molar-refractivity contribution >= 4 is 5.71 Å². The van der Waals surface area contributed by atoms with Crippen molar-refractivity contribution in [2.24, 2.45) is 0 Å². The molecule has 10 heavy (non-hydrogen) atoms. The van der Waals surface area contributed by atoms with E-state index in [-0.39, 0.29) is 0 Å². The Kier molecular flexibility index (Phi) is 1.76. The molecule has 0 atom stereocenters. The van der Waals surface area contributed by atoms with Gasteiger partial charge in [0, 0.05) is 6.92 Å². The molecule has 0 radical (unpaired) electrons. The summed E-state index contributed by atoms with van der Waals surface area (Å²) < 4.78 is 5.18. The van der Waals surface area contributed by atoms with E-state index < -0.39 is 0 Å². The molecule has 1 aromatic rings. The van der Waals surface area contributed by atoms with Crippen molar-refractivity contribution in [2.75, 3.05) is 0 Å². The van der Waals surface area contributed by atoms with Crippen molar-refractivity contribution in [3.63, 3.8) is 0 Å². The Balaban J connectivity index is 2.95. The first-order chi connectivity index (χ1) is 4.74. The van der Waals surface area contributed by atoms with Gasteiger partial charge < -0.3 is 4.42 Å². The van der Waals surface area contributed by atoms with Gasteiger partial charge in [0.25, 0.3) is 5.71 Å². The molecule has 1 aromatic heterocycles. The molecule has 0 unspecified atom stereocenters. The minimum atomic E-state index is 0.619. The number of furan rings is 1. The van der Waals surface area contributed by atoms with Gasteiger partial charge in [-0.3, -0.25) is 5.21 Å². The molecule has 1 heterocycles. The molecule has 3 heteroatoms. The highest BCUT2D eigenvalue weighted by atomic mass is 16.4. The second kappa shape index (κ2) is 2.56. The molecule has 0 spiro atoms. The van der Waals surface area contributed by atoms with E-state index in [0.717, 1.165) is 5.76 Å². The smallest absolute Gasteiger partial charge is 0.263 e. The normalized spacial score (nSPS) is 12.0. The third-order valence-corrected chi connectivity index (χ3v) is 1.28. The molecule has 0 fully saturated rings. The highest BCUT2D eigenvalue weighted by Gasteiger charge is 2.06. The fourth-order valence-corrected chi connectivity index (χ4v) is 0.691. The first kappa shape index (κ1) is 6.86. The lowest BCUT2D eigenvalue weighted by Gasteiger charge is -1.83. The molecular weight excluding hydrogens is 130 g/mol. The van der Waals surface area contributed by atoms with Crippen LogP contribution in [0.1, 0.15) is 18.4 Å². The largest absolute Gasteiger partial charge is 0.455 e. The summed E-state index contributed by atoms with van der Waals surface area (Å²) in [6, 6.07) is 3.64. The van der Waals surface area contributed by atoms with Crippen LogP contribution in [0.2, 0.25) is 0 Å². The minimum Gasteiger partial charge on any atom is -0.455 e. The molecule has 0 aliphatic heterocycles. The monoisotopic (exact) mass is 140 g/mol. The molecule has 0 aliphatic carbocycles.